The van der Waals surface area contributed by atoms with Gasteiger partial charge in [-0.2, -0.15) is 0 Å². The Labute approximate surface area is 118 Å². The number of rotatable bonds is 0. The molecule has 0 radical (unpaired) electrons. The Morgan fingerprint density at radius 3 is 2.41 bits per heavy atom. The van der Waals surface area contributed by atoms with E-state index in [4.69, 9.17) is 23.2 Å². The highest BCUT2D eigenvalue weighted by Crippen LogP contribution is 2.25. The van der Waals surface area contributed by atoms with Crippen molar-refractivity contribution in [2.75, 3.05) is 0 Å². The van der Waals surface area contributed by atoms with E-state index in [1.807, 2.05) is 30.3 Å². The van der Waals surface area contributed by atoms with Crippen LogP contribution >= 0.6 is 39.1 Å². The third-order valence-corrected chi connectivity index (χ3v) is 3.41. The lowest BCUT2D eigenvalue weighted by atomic mass is 10.2. The monoisotopic (exact) mass is 325 g/mol. The van der Waals surface area contributed by atoms with Gasteiger partial charge in [0, 0.05) is 5.56 Å². The molecule has 4 heteroatoms. The summed E-state index contributed by atoms with van der Waals surface area (Å²) in [6.07, 6.45) is 0. The van der Waals surface area contributed by atoms with Crippen LogP contribution in [-0.4, -0.2) is 4.98 Å². The van der Waals surface area contributed by atoms with E-state index in [0.29, 0.717) is 20.3 Å². The Balaban J connectivity index is 2.38. The summed E-state index contributed by atoms with van der Waals surface area (Å²) in [5, 5.41) is 0.641. The second-order valence-electron chi connectivity index (χ2n) is 3.22. The normalized spacial score (nSPS) is 9.59. The maximum absolute atomic E-state index is 5.95. The Morgan fingerprint density at radius 1 is 1.00 bits per heavy atom. The zero-order valence-electron chi connectivity index (χ0n) is 8.55. The summed E-state index contributed by atoms with van der Waals surface area (Å²) in [6, 6.07) is 11.4. The van der Waals surface area contributed by atoms with Crippen LogP contribution in [0.5, 0.6) is 0 Å². The van der Waals surface area contributed by atoms with E-state index in [1.165, 1.54) is 0 Å². The minimum Gasteiger partial charge on any atom is -0.222 e. The van der Waals surface area contributed by atoms with Gasteiger partial charge in [-0.3, -0.25) is 0 Å². The molecule has 1 aromatic carbocycles. The van der Waals surface area contributed by atoms with Crippen LogP contribution in [0, 0.1) is 11.8 Å². The van der Waals surface area contributed by atoms with Gasteiger partial charge in [0.1, 0.15) is 10.3 Å². The highest BCUT2D eigenvalue weighted by Gasteiger charge is 2.04. The first-order chi connectivity index (χ1) is 8.16. The van der Waals surface area contributed by atoms with Gasteiger partial charge in [-0.25, -0.2) is 4.98 Å². The fourth-order valence-corrected chi connectivity index (χ4v) is 1.88. The zero-order chi connectivity index (χ0) is 12.3. The smallest absolute Gasteiger partial charge is 0.146 e. The van der Waals surface area contributed by atoms with Crippen molar-refractivity contribution in [1.82, 2.24) is 4.98 Å². The second kappa shape index (κ2) is 5.55. The molecule has 84 valence electrons. The van der Waals surface area contributed by atoms with Gasteiger partial charge < -0.3 is 0 Å². The molecule has 0 N–H and O–H groups in total. The summed E-state index contributed by atoms with van der Waals surface area (Å²) in [5.74, 6) is 5.97. The van der Waals surface area contributed by atoms with Gasteiger partial charge in [-0.1, -0.05) is 53.2 Å². The molecule has 0 bridgehead atoms. The van der Waals surface area contributed by atoms with Gasteiger partial charge in [0.2, 0.25) is 0 Å². The number of nitrogens with zero attached hydrogens (tertiary/aromatic N) is 1. The molecule has 1 nitrogen and oxygen atoms in total. The summed E-state index contributed by atoms with van der Waals surface area (Å²) in [7, 11) is 0. The fourth-order valence-electron chi connectivity index (χ4n) is 1.19. The molecule has 0 spiro atoms. The molecule has 0 fully saturated rings. The molecule has 0 atom stereocenters. The molecule has 0 aliphatic rings. The van der Waals surface area contributed by atoms with E-state index >= 15 is 0 Å². The van der Waals surface area contributed by atoms with Crippen LogP contribution in [0.25, 0.3) is 0 Å². The molecule has 17 heavy (non-hydrogen) atoms. The van der Waals surface area contributed by atoms with Crippen molar-refractivity contribution in [3.8, 4) is 11.8 Å². The van der Waals surface area contributed by atoms with Crippen molar-refractivity contribution in [3.05, 3.63) is 62.3 Å². The maximum Gasteiger partial charge on any atom is 0.146 e. The first-order valence-electron chi connectivity index (χ1n) is 4.75. The third kappa shape index (κ3) is 3.23. The average molecular weight is 327 g/mol. The predicted molar refractivity (Wildman–Crippen MR) is 74.4 cm³/mol. The lowest BCUT2D eigenvalue weighted by Gasteiger charge is -1.98. The van der Waals surface area contributed by atoms with Crippen molar-refractivity contribution in [2.45, 2.75) is 0 Å². The summed E-state index contributed by atoms with van der Waals surface area (Å²) in [6.45, 7) is 0. The highest BCUT2D eigenvalue weighted by atomic mass is 79.9. The molecule has 1 heterocycles. The van der Waals surface area contributed by atoms with E-state index in [-0.39, 0.29) is 0 Å². The van der Waals surface area contributed by atoms with Crippen LogP contribution in [-0.2, 0) is 0 Å². The third-order valence-electron chi connectivity index (χ3n) is 2.00. The van der Waals surface area contributed by atoms with Gasteiger partial charge in [0.25, 0.3) is 0 Å². The number of hydrogen-bond acceptors (Lipinski definition) is 1. The van der Waals surface area contributed by atoms with Gasteiger partial charge in [-0.15, -0.1) is 0 Å². The SMILES string of the molecule is Clc1nc(Cl)c(C#Cc2ccccc2)cc1Br. The number of halogens is 3. The maximum atomic E-state index is 5.95. The van der Waals surface area contributed by atoms with Crippen molar-refractivity contribution in [3.63, 3.8) is 0 Å². The lowest BCUT2D eigenvalue weighted by molar-refractivity contribution is 1.29. The molecular weight excluding hydrogens is 321 g/mol. The number of aromatic nitrogens is 1. The molecular formula is C13H6BrCl2N. The summed E-state index contributed by atoms with van der Waals surface area (Å²) in [5.41, 5.74) is 1.57. The summed E-state index contributed by atoms with van der Waals surface area (Å²) >= 11 is 15.0. The minimum atomic E-state index is 0.307. The molecule has 0 saturated carbocycles. The second-order valence-corrected chi connectivity index (χ2v) is 4.79. The molecule has 0 aliphatic carbocycles. The van der Waals surface area contributed by atoms with E-state index in [9.17, 15) is 0 Å². The van der Waals surface area contributed by atoms with E-state index < -0.39 is 0 Å². The van der Waals surface area contributed by atoms with Crippen molar-refractivity contribution in [1.29, 1.82) is 0 Å². The van der Waals surface area contributed by atoms with Crippen LogP contribution < -0.4 is 0 Å². The zero-order valence-corrected chi connectivity index (χ0v) is 11.6. The molecule has 0 amide bonds. The molecule has 0 aliphatic heterocycles. The molecule has 0 saturated heterocycles. The topological polar surface area (TPSA) is 12.9 Å². The van der Waals surface area contributed by atoms with Gasteiger partial charge in [0.15, 0.2) is 0 Å². The first kappa shape index (κ1) is 12.4. The van der Waals surface area contributed by atoms with E-state index in [0.717, 1.165) is 5.56 Å². The Kier molecular flexibility index (Phi) is 4.06. The molecule has 0 unspecified atom stereocenters. The standard InChI is InChI=1S/C13H6BrCl2N/c14-11-8-10(12(15)17-13(11)16)7-6-9-4-2-1-3-5-9/h1-5,8H. The number of pyridine rings is 1. The molecule has 1 aromatic heterocycles. The van der Waals surface area contributed by atoms with Crippen molar-refractivity contribution >= 4 is 39.1 Å². The fraction of sp³-hybridized carbons (Fsp3) is 0. The van der Waals surface area contributed by atoms with Crippen LogP contribution in [0.2, 0.25) is 10.3 Å². The lowest BCUT2D eigenvalue weighted by Crippen LogP contribution is -1.85. The Morgan fingerprint density at radius 2 is 1.71 bits per heavy atom. The quantitative estimate of drug-likeness (QED) is 0.511. The summed E-state index contributed by atoms with van der Waals surface area (Å²) in [4.78, 5) is 3.97. The average Bonchev–Trinajstić information content (AvgIpc) is 2.33. The predicted octanol–water partition coefficient (Wildman–Crippen LogP) is 4.55. The van der Waals surface area contributed by atoms with Crippen molar-refractivity contribution < 1.29 is 0 Å². The number of hydrogen-bond donors (Lipinski definition) is 0. The molecule has 2 rings (SSSR count). The van der Waals surface area contributed by atoms with Gasteiger partial charge in [-0.05, 0) is 34.1 Å². The first-order valence-corrected chi connectivity index (χ1v) is 6.30. The van der Waals surface area contributed by atoms with Crippen LogP contribution in [0.3, 0.4) is 0 Å². The number of benzene rings is 1. The highest BCUT2D eigenvalue weighted by molar-refractivity contribution is 9.10. The van der Waals surface area contributed by atoms with Crippen molar-refractivity contribution in [2.24, 2.45) is 0 Å². The van der Waals surface area contributed by atoms with Crippen LogP contribution in [0.15, 0.2) is 40.9 Å². The van der Waals surface area contributed by atoms with Crippen LogP contribution in [0.1, 0.15) is 11.1 Å². The molecule has 2 aromatic rings. The van der Waals surface area contributed by atoms with E-state index in [1.54, 1.807) is 6.07 Å². The van der Waals surface area contributed by atoms with Gasteiger partial charge in [0.05, 0.1) is 10.0 Å². The largest absolute Gasteiger partial charge is 0.222 e. The van der Waals surface area contributed by atoms with Crippen LogP contribution in [0.4, 0.5) is 0 Å². The Bertz CT molecular complexity index is 600. The summed E-state index contributed by atoms with van der Waals surface area (Å²) < 4.78 is 0.681. The van der Waals surface area contributed by atoms with Gasteiger partial charge >= 0.3 is 0 Å². The Hall–Kier alpha value is -1.01. The van der Waals surface area contributed by atoms with E-state index in [2.05, 4.69) is 32.8 Å². The minimum absolute atomic E-state index is 0.307.